The fourth-order valence-electron chi connectivity index (χ4n) is 0.240. The zero-order valence-electron chi connectivity index (χ0n) is 8.01. The molecular weight excluding hydrogens is 180 g/mol. The molecule has 0 spiro atoms. The lowest BCUT2D eigenvalue weighted by atomic mass is 10.5. The van der Waals surface area contributed by atoms with E-state index in [-0.39, 0.29) is 0 Å². The van der Waals surface area contributed by atoms with E-state index >= 15 is 0 Å². The third kappa shape index (κ3) is 16.3. The molecule has 72 valence electrons. The maximum Gasteiger partial charge on any atom is 0.385 e. The number of rotatable bonds is 0. The molecule has 3 heteroatoms. The van der Waals surface area contributed by atoms with Crippen molar-refractivity contribution in [2.24, 2.45) is 0 Å². The number of carbonyl (C=O) groups excluding carboxylic acids is 2. The molecule has 0 bridgehead atoms. The van der Waals surface area contributed by atoms with Gasteiger partial charge in [0.15, 0.2) is 0 Å². The van der Waals surface area contributed by atoms with Crippen molar-refractivity contribution in [3.05, 3.63) is 6.92 Å². The Morgan fingerprint density at radius 2 is 1.79 bits per heavy atom. The minimum atomic E-state index is -0.609. The van der Waals surface area contributed by atoms with Crippen LogP contribution in [0.25, 0.3) is 0 Å². The molecule has 0 aromatic heterocycles. The summed E-state index contributed by atoms with van der Waals surface area (Å²) in [6.45, 7) is 4.68. The Morgan fingerprint density at radius 3 is 2.21 bits per heavy atom. The van der Waals surface area contributed by atoms with E-state index in [2.05, 4.69) is 47.2 Å². The maximum absolute atomic E-state index is 10.3. The average Bonchev–Trinajstić information content (AvgIpc) is 2.18. The van der Waals surface area contributed by atoms with Crippen molar-refractivity contribution in [3.8, 4) is 35.5 Å². The molecule has 0 radical (unpaired) electrons. The fraction of sp³-hybridized carbons (Fsp3) is 0.182. The van der Waals surface area contributed by atoms with Crippen LogP contribution in [0.15, 0.2) is 0 Å². The van der Waals surface area contributed by atoms with Crippen molar-refractivity contribution in [1.29, 1.82) is 0 Å². The lowest BCUT2D eigenvalue weighted by Crippen LogP contribution is -1.93. The van der Waals surface area contributed by atoms with E-state index in [1.807, 2.05) is 0 Å². The Morgan fingerprint density at radius 1 is 1.29 bits per heavy atom. The van der Waals surface area contributed by atoms with Crippen LogP contribution in [-0.2, 0) is 14.3 Å². The minimum Gasteiger partial charge on any atom is -0.459 e. The second-order valence-electron chi connectivity index (χ2n) is 1.53. The van der Waals surface area contributed by atoms with Gasteiger partial charge in [0.2, 0.25) is 0 Å². The molecule has 0 rings (SSSR count). The van der Waals surface area contributed by atoms with Crippen LogP contribution in [0.2, 0.25) is 0 Å². The zero-order chi connectivity index (χ0) is 11.2. The van der Waals surface area contributed by atoms with Gasteiger partial charge >= 0.3 is 5.97 Å². The maximum atomic E-state index is 10.3. The number of methoxy groups -OCH3 is 1. The average molecular weight is 189 g/mol. The van der Waals surface area contributed by atoms with Crippen LogP contribution in [0.5, 0.6) is 0 Å². The SMILES string of the molecule is CC=O.[CH2-]C#CC#CC#CC(=O)OC. The smallest absolute Gasteiger partial charge is 0.385 e. The predicted octanol–water partition coefficient (Wildman–Crippen LogP) is 0.209. The van der Waals surface area contributed by atoms with E-state index in [1.165, 1.54) is 14.0 Å². The number of hydrogen-bond acceptors (Lipinski definition) is 3. The molecule has 0 unspecified atom stereocenters. The summed E-state index contributed by atoms with van der Waals surface area (Å²) in [5.74, 6) is 13.1. The molecule has 0 aliphatic carbocycles. The van der Waals surface area contributed by atoms with Gasteiger partial charge in [0.25, 0.3) is 0 Å². The Hall–Kier alpha value is -2.31. The van der Waals surface area contributed by atoms with E-state index in [1.54, 1.807) is 0 Å². The van der Waals surface area contributed by atoms with E-state index in [9.17, 15) is 4.79 Å². The van der Waals surface area contributed by atoms with Crippen molar-refractivity contribution in [3.63, 3.8) is 0 Å². The van der Waals surface area contributed by atoms with Crippen molar-refractivity contribution in [2.75, 3.05) is 7.11 Å². The summed E-state index contributed by atoms with van der Waals surface area (Å²) < 4.78 is 4.23. The Kier molecular flexibility index (Phi) is 13.5. The molecule has 0 amide bonds. The molecule has 0 N–H and O–H groups in total. The fourth-order valence-corrected chi connectivity index (χ4v) is 0.240. The lowest BCUT2D eigenvalue weighted by Gasteiger charge is -1.81. The van der Waals surface area contributed by atoms with Gasteiger partial charge in [-0.3, -0.25) is 5.92 Å². The van der Waals surface area contributed by atoms with Crippen LogP contribution in [0.4, 0.5) is 0 Å². The van der Waals surface area contributed by atoms with E-state index in [4.69, 9.17) is 4.79 Å². The van der Waals surface area contributed by atoms with Crippen molar-refractivity contribution >= 4 is 12.3 Å². The Bertz CT molecular complexity index is 347. The highest BCUT2D eigenvalue weighted by Gasteiger charge is 1.85. The van der Waals surface area contributed by atoms with Crippen LogP contribution in [0.1, 0.15) is 6.92 Å². The number of aldehydes is 1. The summed E-state index contributed by atoms with van der Waals surface area (Å²) >= 11 is 0. The largest absolute Gasteiger partial charge is 0.459 e. The molecule has 14 heavy (non-hydrogen) atoms. The van der Waals surface area contributed by atoms with Gasteiger partial charge in [-0.1, -0.05) is 0 Å². The van der Waals surface area contributed by atoms with E-state index in [0.29, 0.717) is 0 Å². The van der Waals surface area contributed by atoms with Gasteiger partial charge < -0.3 is 9.53 Å². The molecule has 0 atom stereocenters. The summed E-state index contributed by atoms with van der Waals surface area (Å²) in [5, 5.41) is 0. The monoisotopic (exact) mass is 189 g/mol. The first-order valence-corrected chi connectivity index (χ1v) is 3.48. The minimum absolute atomic E-state index is 0.609. The molecule has 0 aromatic rings. The number of esters is 1. The van der Waals surface area contributed by atoms with Crippen LogP contribution < -0.4 is 0 Å². The highest BCUT2D eigenvalue weighted by molar-refractivity contribution is 5.88. The van der Waals surface area contributed by atoms with E-state index < -0.39 is 5.97 Å². The second-order valence-corrected chi connectivity index (χ2v) is 1.53. The molecule has 0 saturated carbocycles. The summed E-state index contributed by atoms with van der Waals surface area (Å²) in [6.07, 6.45) is 0.750. The van der Waals surface area contributed by atoms with Crippen LogP contribution in [0.3, 0.4) is 0 Å². The topological polar surface area (TPSA) is 43.4 Å². The standard InChI is InChI=1S/C9H5O2.C2H4O/c1-3-4-5-6-7-8-9(10)11-2;1-2-3/h1H2,2H3;2H,1H3/q-1;. The molecule has 0 fully saturated rings. The first-order chi connectivity index (χ1) is 6.72. The van der Waals surface area contributed by atoms with Crippen molar-refractivity contribution in [2.45, 2.75) is 6.92 Å². The summed E-state index contributed by atoms with van der Waals surface area (Å²) in [4.78, 5) is 19.1. The summed E-state index contributed by atoms with van der Waals surface area (Å²) in [6, 6.07) is 0. The molecule has 0 saturated heterocycles. The highest BCUT2D eigenvalue weighted by Crippen LogP contribution is 1.65. The normalized spacial score (nSPS) is 5.00. The molecule has 0 aliphatic heterocycles. The Labute approximate surface area is 83.8 Å². The second kappa shape index (κ2) is 13.3. The summed E-state index contributed by atoms with van der Waals surface area (Å²) in [5.41, 5.74) is 0. The van der Waals surface area contributed by atoms with Gasteiger partial charge in [-0.2, -0.15) is 6.92 Å². The number of ether oxygens (including phenoxy) is 1. The Balaban J connectivity index is 0. The van der Waals surface area contributed by atoms with Crippen molar-refractivity contribution in [1.82, 2.24) is 0 Å². The zero-order valence-corrected chi connectivity index (χ0v) is 8.01. The quantitative estimate of drug-likeness (QED) is 0.180. The summed E-state index contributed by atoms with van der Waals surface area (Å²) in [7, 11) is 1.25. The molecule has 0 aromatic carbocycles. The number of hydrogen-bond donors (Lipinski definition) is 0. The van der Waals surface area contributed by atoms with Crippen molar-refractivity contribution < 1.29 is 14.3 Å². The van der Waals surface area contributed by atoms with Crippen LogP contribution in [-0.4, -0.2) is 19.4 Å². The third-order valence-electron chi connectivity index (χ3n) is 0.626. The van der Waals surface area contributed by atoms with Gasteiger partial charge in [-0.05, 0) is 18.8 Å². The molecular formula is C11H9O3-. The van der Waals surface area contributed by atoms with Gasteiger partial charge in [-0.25, -0.2) is 10.7 Å². The highest BCUT2D eigenvalue weighted by atomic mass is 16.5. The third-order valence-corrected chi connectivity index (χ3v) is 0.626. The predicted molar refractivity (Wildman–Crippen MR) is 52.4 cm³/mol. The molecule has 0 aliphatic rings. The first kappa shape index (κ1) is 14.2. The van der Waals surface area contributed by atoms with Crippen LogP contribution >= 0.6 is 0 Å². The first-order valence-electron chi connectivity index (χ1n) is 3.48. The van der Waals surface area contributed by atoms with Gasteiger partial charge in [0.05, 0.1) is 7.11 Å². The molecule has 3 nitrogen and oxygen atoms in total. The molecule has 0 heterocycles. The van der Waals surface area contributed by atoms with Gasteiger partial charge in [0, 0.05) is 5.92 Å². The van der Waals surface area contributed by atoms with E-state index in [0.717, 1.165) is 6.29 Å². The van der Waals surface area contributed by atoms with Crippen LogP contribution in [0, 0.1) is 42.4 Å². The van der Waals surface area contributed by atoms with Gasteiger partial charge in [-0.15, -0.1) is 5.92 Å². The van der Waals surface area contributed by atoms with Gasteiger partial charge in [0.1, 0.15) is 6.29 Å². The number of carbonyl (C=O) groups is 2. The lowest BCUT2D eigenvalue weighted by molar-refractivity contribution is -0.133.